The molecule has 2 aromatic carbocycles. The number of carboxylic acid groups (broad SMARTS) is 1. The average molecular weight is 297 g/mol. The lowest BCUT2D eigenvalue weighted by molar-refractivity contribution is 0.0697. The fraction of sp³-hybridized carbons (Fsp3) is 0.278. The van der Waals surface area contributed by atoms with Crippen LogP contribution in [0.4, 0.5) is 0 Å². The maximum atomic E-state index is 10.9. The van der Waals surface area contributed by atoms with Gasteiger partial charge in [-0.25, -0.2) is 4.79 Å². The van der Waals surface area contributed by atoms with Gasteiger partial charge >= 0.3 is 5.97 Å². The van der Waals surface area contributed by atoms with Crippen molar-refractivity contribution < 1.29 is 14.6 Å². The van der Waals surface area contributed by atoms with Gasteiger partial charge in [-0.15, -0.1) is 0 Å². The Hall–Kier alpha value is -2.33. The van der Waals surface area contributed by atoms with Gasteiger partial charge in [0.05, 0.1) is 12.7 Å². The maximum absolute atomic E-state index is 10.9. The number of benzene rings is 2. The molecule has 22 heavy (non-hydrogen) atoms. The zero-order valence-corrected chi connectivity index (χ0v) is 12.6. The van der Waals surface area contributed by atoms with E-state index in [0.717, 1.165) is 37.4 Å². The van der Waals surface area contributed by atoms with Crippen LogP contribution in [0.1, 0.15) is 27.0 Å². The molecule has 0 atom stereocenters. The highest BCUT2D eigenvalue weighted by Gasteiger charge is 2.19. The second kappa shape index (κ2) is 6.20. The minimum atomic E-state index is -0.884. The van der Waals surface area contributed by atoms with Crippen molar-refractivity contribution in [1.82, 2.24) is 4.90 Å². The van der Waals surface area contributed by atoms with Crippen molar-refractivity contribution in [1.29, 1.82) is 0 Å². The van der Waals surface area contributed by atoms with Gasteiger partial charge < -0.3 is 9.84 Å². The van der Waals surface area contributed by atoms with E-state index in [4.69, 9.17) is 9.84 Å². The average Bonchev–Trinajstić information content (AvgIpc) is 2.54. The summed E-state index contributed by atoms with van der Waals surface area (Å²) in [6, 6.07) is 13.3. The Labute approximate surface area is 130 Å². The number of hydrogen-bond acceptors (Lipinski definition) is 3. The minimum absolute atomic E-state index is 0.331. The predicted octanol–water partition coefficient (Wildman–Crippen LogP) is 2.95. The largest absolute Gasteiger partial charge is 0.496 e. The van der Waals surface area contributed by atoms with Gasteiger partial charge in [0.25, 0.3) is 0 Å². The molecule has 4 nitrogen and oxygen atoms in total. The van der Waals surface area contributed by atoms with Crippen LogP contribution < -0.4 is 4.74 Å². The van der Waals surface area contributed by atoms with Crippen molar-refractivity contribution in [3.05, 3.63) is 64.7 Å². The summed E-state index contributed by atoms with van der Waals surface area (Å²) < 4.78 is 5.43. The van der Waals surface area contributed by atoms with Crippen molar-refractivity contribution in [2.24, 2.45) is 0 Å². The van der Waals surface area contributed by atoms with E-state index in [2.05, 4.69) is 11.0 Å². The van der Waals surface area contributed by atoms with Crippen LogP contribution >= 0.6 is 0 Å². The van der Waals surface area contributed by atoms with Crippen molar-refractivity contribution in [2.75, 3.05) is 13.7 Å². The molecule has 0 unspecified atom stereocenters. The van der Waals surface area contributed by atoms with Crippen LogP contribution in [0.2, 0.25) is 0 Å². The third-order valence-corrected chi connectivity index (χ3v) is 4.13. The first-order valence-corrected chi connectivity index (χ1v) is 7.36. The predicted molar refractivity (Wildman–Crippen MR) is 84.2 cm³/mol. The Morgan fingerprint density at radius 1 is 1.23 bits per heavy atom. The molecule has 0 saturated heterocycles. The normalized spacial score (nSPS) is 14.4. The molecule has 3 rings (SSSR count). The summed E-state index contributed by atoms with van der Waals surface area (Å²) in [7, 11) is 1.71. The molecular weight excluding hydrogens is 278 g/mol. The molecule has 1 aliphatic rings. The highest BCUT2D eigenvalue weighted by Crippen LogP contribution is 2.28. The summed E-state index contributed by atoms with van der Waals surface area (Å²) in [5.41, 5.74) is 4.09. The van der Waals surface area contributed by atoms with Gasteiger partial charge in [0, 0.05) is 19.6 Å². The molecule has 1 heterocycles. The Morgan fingerprint density at radius 3 is 2.68 bits per heavy atom. The Bertz CT molecular complexity index is 679. The Kier molecular flexibility index (Phi) is 4.11. The van der Waals surface area contributed by atoms with Crippen LogP contribution in [-0.2, 0) is 19.5 Å². The highest BCUT2D eigenvalue weighted by molar-refractivity contribution is 5.87. The van der Waals surface area contributed by atoms with E-state index in [1.165, 1.54) is 11.1 Å². The zero-order chi connectivity index (χ0) is 15.5. The number of nitrogens with zero attached hydrogens (tertiary/aromatic N) is 1. The molecule has 1 N–H and O–H groups in total. The molecule has 114 valence electrons. The number of carbonyl (C=O) groups is 1. The monoisotopic (exact) mass is 297 g/mol. The molecule has 0 aromatic heterocycles. The van der Waals surface area contributed by atoms with E-state index in [9.17, 15) is 4.79 Å². The summed E-state index contributed by atoms with van der Waals surface area (Å²) in [6.45, 7) is 2.71. The number of hydrogen-bond donors (Lipinski definition) is 1. The highest BCUT2D eigenvalue weighted by atomic mass is 16.5. The van der Waals surface area contributed by atoms with Gasteiger partial charge in [-0.1, -0.05) is 24.3 Å². The van der Waals surface area contributed by atoms with Crippen LogP contribution in [0.25, 0.3) is 0 Å². The van der Waals surface area contributed by atoms with Gasteiger partial charge in [0.15, 0.2) is 0 Å². The van der Waals surface area contributed by atoms with Crippen molar-refractivity contribution >= 4 is 5.97 Å². The first-order chi connectivity index (χ1) is 10.7. The quantitative estimate of drug-likeness (QED) is 0.942. The Morgan fingerprint density at radius 2 is 2.00 bits per heavy atom. The molecule has 0 spiro atoms. The number of rotatable bonds is 4. The number of carboxylic acids is 1. The van der Waals surface area contributed by atoms with E-state index in [1.807, 2.05) is 24.3 Å². The van der Waals surface area contributed by atoms with Crippen LogP contribution in [0.3, 0.4) is 0 Å². The van der Waals surface area contributed by atoms with Crippen LogP contribution in [-0.4, -0.2) is 29.6 Å². The summed E-state index contributed by atoms with van der Waals surface area (Å²) in [4.78, 5) is 13.3. The van der Waals surface area contributed by atoms with E-state index in [0.29, 0.717) is 5.56 Å². The van der Waals surface area contributed by atoms with Crippen LogP contribution in [0.15, 0.2) is 42.5 Å². The smallest absolute Gasteiger partial charge is 0.335 e. The molecular formula is C18H19NO3. The number of methoxy groups -OCH3 is 1. The fourth-order valence-electron chi connectivity index (χ4n) is 2.97. The van der Waals surface area contributed by atoms with Gasteiger partial charge in [0.2, 0.25) is 0 Å². The Balaban J connectivity index is 1.71. The van der Waals surface area contributed by atoms with Gasteiger partial charge in [-0.3, -0.25) is 4.90 Å². The van der Waals surface area contributed by atoms with E-state index < -0.39 is 5.97 Å². The summed E-state index contributed by atoms with van der Waals surface area (Å²) in [5, 5.41) is 8.93. The fourth-order valence-corrected chi connectivity index (χ4v) is 2.97. The topological polar surface area (TPSA) is 49.8 Å². The molecule has 0 fully saturated rings. The van der Waals surface area contributed by atoms with Gasteiger partial charge in [-0.05, 0) is 41.3 Å². The minimum Gasteiger partial charge on any atom is -0.496 e. The molecule has 0 aliphatic carbocycles. The lowest BCUT2D eigenvalue weighted by Crippen LogP contribution is -2.30. The van der Waals surface area contributed by atoms with E-state index in [-0.39, 0.29) is 0 Å². The second-order valence-electron chi connectivity index (χ2n) is 5.56. The molecule has 0 amide bonds. The standard InChI is InChI=1S/C18H19NO3/c1-22-17-4-2-3-15-12-19(10-9-16(15)17)11-13-5-7-14(8-6-13)18(20)21/h2-8H,9-12H2,1H3,(H,20,21). The maximum Gasteiger partial charge on any atom is 0.335 e. The first kappa shape index (κ1) is 14.6. The van der Waals surface area contributed by atoms with Gasteiger partial charge in [0.1, 0.15) is 5.75 Å². The SMILES string of the molecule is COc1cccc2c1CCN(Cc1ccc(C(=O)O)cc1)C2. The molecule has 4 heteroatoms. The van der Waals surface area contributed by atoms with Crippen LogP contribution in [0.5, 0.6) is 5.75 Å². The second-order valence-corrected chi connectivity index (χ2v) is 5.56. The summed E-state index contributed by atoms with van der Waals surface area (Å²) in [6.07, 6.45) is 0.979. The van der Waals surface area contributed by atoms with Gasteiger partial charge in [-0.2, -0.15) is 0 Å². The third-order valence-electron chi connectivity index (χ3n) is 4.13. The zero-order valence-electron chi connectivity index (χ0n) is 12.6. The molecule has 1 aliphatic heterocycles. The van der Waals surface area contributed by atoms with Crippen molar-refractivity contribution in [3.8, 4) is 5.75 Å². The number of ether oxygens (including phenoxy) is 1. The van der Waals surface area contributed by atoms with Crippen molar-refractivity contribution in [3.63, 3.8) is 0 Å². The summed E-state index contributed by atoms with van der Waals surface area (Å²) >= 11 is 0. The molecule has 0 radical (unpaired) electrons. The first-order valence-electron chi connectivity index (χ1n) is 7.36. The number of fused-ring (bicyclic) bond motifs is 1. The van der Waals surface area contributed by atoms with Crippen molar-refractivity contribution in [2.45, 2.75) is 19.5 Å². The van der Waals surface area contributed by atoms with E-state index in [1.54, 1.807) is 19.2 Å². The summed E-state index contributed by atoms with van der Waals surface area (Å²) in [5.74, 6) is 0.0912. The molecule has 2 aromatic rings. The van der Waals surface area contributed by atoms with E-state index >= 15 is 0 Å². The molecule has 0 saturated carbocycles. The van der Waals surface area contributed by atoms with Crippen LogP contribution in [0, 0.1) is 0 Å². The number of aromatic carboxylic acids is 1. The third kappa shape index (κ3) is 2.97. The lowest BCUT2D eigenvalue weighted by atomic mass is 9.98. The molecule has 0 bridgehead atoms. The lowest BCUT2D eigenvalue weighted by Gasteiger charge is -2.29.